The first-order valence-electron chi connectivity index (χ1n) is 11.2. The van der Waals surface area contributed by atoms with Gasteiger partial charge in [-0.1, -0.05) is 36.4 Å². The fraction of sp³-hybridized carbons (Fsp3) is 0.478. The average Bonchev–Trinajstić information content (AvgIpc) is 3.57. The topological polar surface area (TPSA) is 87.2 Å². The summed E-state index contributed by atoms with van der Waals surface area (Å²) in [7, 11) is -3.44. The summed E-state index contributed by atoms with van der Waals surface area (Å²) >= 11 is 1.24. The quantitative estimate of drug-likeness (QED) is 0.645. The van der Waals surface area contributed by atoms with Gasteiger partial charge in [-0.05, 0) is 41.7 Å². The minimum atomic E-state index is -3.44. The van der Waals surface area contributed by atoms with Crippen molar-refractivity contribution in [3.8, 4) is 0 Å². The number of carbonyl (C=O) groups excluding carboxylic acids is 2. The Balaban J connectivity index is 1.20. The molecule has 5 rings (SSSR count). The molecule has 1 spiro atoms. The minimum absolute atomic E-state index is 0.00659. The van der Waals surface area contributed by atoms with Gasteiger partial charge in [0.2, 0.25) is 5.91 Å². The lowest BCUT2D eigenvalue weighted by molar-refractivity contribution is -0.131. The molecule has 1 unspecified atom stereocenters. The number of ether oxygens (including phenoxy) is 1. The van der Waals surface area contributed by atoms with Crippen molar-refractivity contribution >= 4 is 33.4 Å². The number of nitrogens with zero attached hydrogens (tertiary/aromatic N) is 3. The number of carbonyl (C=O) groups is 2. The fourth-order valence-corrected chi connectivity index (χ4v) is 7.70. The zero-order valence-electron chi connectivity index (χ0n) is 18.3. The van der Waals surface area contributed by atoms with Gasteiger partial charge < -0.3 is 9.64 Å². The van der Waals surface area contributed by atoms with E-state index in [4.69, 9.17) is 4.74 Å². The zero-order valence-corrected chi connectivity index (χ0v) is 19.9. The number of benzene rings is 1. The highest BCUT2D eigenvalue weighted by Crippen LogP contribution is 2.42. The number of thiophene rings is 1. The number of rotatable bonds is 5. The molecule has 1 aromatic heterocycles. The molecule has 0 saturated carbocycles. The lowest BCUT2D eigenvalue weighted by atomic mass is 9.78. The summed E-state index contributed by atoms with van der Waals surface area (Å²) in [5, 5.41) is 1.78. The Hall–Kier alpha value is -2.43. The summed E-state index contributed by atoms with van der Waals surface area (Å²) < 4.78 is 32.8. The number of likely N-dealkylation sites (tertiary alicyclic amines) is 1. The average molecular weight is 490 g/mol. The second kappa shape index (κ2) is 8.73. The second-order valence-corrected chi connectivity index (χ2v) is 12.1. The van der Waals surface area contributed by atoms with Crippen molar-refractivity contribution in [1.29, 1.82) is 0 Å². The molecule has 33 heavy (non-hydrogen) atoms. The predicted octanol–water partition coefficient (Wildman–Crippen LogP) is 2.94. The number of hydrogen-bond acceptors (Lipinski definition) is 6. The summed E-state index contributed by atoms with van der Waals surface area (Å²) in [6, 6.07) is 12.7. The van der Waals surface area contributed by atoms with Gasteiger partial charge in [0.15, 0.2) is 0 Å². The number of sulfonamides is 1. The van der Waals surface area contributed by atoms with Gasteiger partial charge in [-0.3, -0.25) is 9.69 Å². The molecule has 1 aromatic carbocycles. The Bertz CT molecular complexity index is 1110. The van der Waals surface area contributed by atoms with Gasteiger partial charge in [-0.2, -0.15) is 4.31 Å². The predicted molar refractivity (Wildman–Crippen MR) is 123 cm³/mol. The van der Waals surface area contributed by atoms with Crippen molar-refractivity contribution < 1.29 is 22.7 Å². The molecule has 1 atom stereocenters. The highest BCUT2D eigenvalue weighted by molar-refractivity contribution is 7.91. The van der Waals surface area contributed by atoms with E-state index >= 15 is 0 Å². The Morgan fingerprint density at radius 2 is 1.79 bits per heavy atom. The van der Waals surface area contributed by atoms with E-state index in [2.05, 4.69) is 0 Å². The second-order valence-electron chi connectivity index (χ2n) is 9.03. The van der Waals surface area contributed by atoms with E-state index in [0.717, 1.165) is 24.8 Å². The van der Waals surface area contributed by atoms with Crippen LogP contribution in [0.2, 0.25) is 0 Å². The van der Waals surface area contributed by atoms with E-state index < -0.39 is 16.1 Å². The highest BCUT2D eigenvalue weighted by Gasteiger charge is 2.45. The normalized spacial score (nSPS) is 23.3. The minimum Gasteiger partial charge on any atom is -0.447 e. The molecule has 2 aromatic rings. The lowest BCUT2D eigenvalue weighted by Gasteiger charge is -2.38. The molecule has 3 fully saturated rings. The maximum Gasteiger partial charge on any atom is 0.410 e. The third-order valence-corrected chi connectivity index (χ3v) is 10.4. The largest absolute Gasteiger partial charge is 0.447 e. The maximum absolute atomic E-state index is 13.1. The fourth-order valence-electron chi connectivity index (χ4n) is 5.12. The first-order chi connectivity index (χ1) is 15.9. The Labute approximate surface area is 197 Å². The monoisotopic (exact) mass is 489 g/mol. The third-order valence-electron chi connectivity index (χ3n) is 7.13. The van der Waals surface area contributed by atoms with Gasteiger partial charge in [0.1, 0.15) is 17.4 Å². The van der Waals surface area contributed by atoms with Gasteiger partial charge in [-0.15, -0.1) is 11.3 Å². The van der Waals surface area contributed by atoms with Crippen LogP contribution < -0.4 is 0 Å². The van der Waals surface area contributed by atoms with Crippen LogP contribution in [0, 0.1) is 5.41 Å². The molecule has 10 heteroatoms. The number of cyclic esters (lactones) is 1. The van der Waals surface area contributed by atoms with Crippen molar-refractivity contribution in [2.75, 3.05) is 39.3 Å². The van der Waals surface area contributed by atoms with Crippen molar-refractivity contribution in [2.24, 2.45) is 5.41 Å². The van der Waals surface area contributed by atoms with Crippen LogP contribution >= 0.6 is 11.3 Å². The van der Waals surface area contributed by atoms with Crippen LogP contribution in [0.5, 0.6) is 0 Å². The summed E-state index contributed by atoms with van der Waals surface area (Å²) in [6.07, 6.45) is 1.87. The first kappa shape index (κ1) is 22.4. The van der Waals surface area contributed by atoms with E-state index in [0.29, 0.717) is 30.4 Å². The highest BCUT2D eigenvalue weighted by atomic mass is 32.2. The van der Waals surface area contributed by atoms with Crippen LogP contribution in [0.25, 0.3) is 0 Å². The van der Waals surface area contributed by atoms with Gasteiger partial charge in [0.05, 0.1) is 6.04 Å². The van der Waals surface area contributed by atoms with Crippen molar-refractivity contribution in [3.05, 3.63) is 53.4 Å². The first-order valence-corrected chi connectivity index (χ1v) is 13.5. The molecule has 0 aliphatic carbocycles. The molecule has 176 valence electrons. The van der Waals surface area contributed by atoms with Crippen LogP contribution in [0.4, 0.5) is 4.79 Å². The molecule has 3 aliphatic heterocycles. The third kappa shape index (κ3) is 4.27. The smallest absolute Gasteiger partial charge is 0.410 e. The summed E-state index contributed by atoms with van der Waals surface area (Å²) in [4.78, 5) is 28.7. The summed E-state index contributed by atoms with van der Waals surface area (Å²) in [5.74, 6) is -0.0831. The van der Waals surface area contributed by atoms with E-state index in [1.165, 1.54) is 16.2 Å². The Morgan fingerprint density at radius 3 is 2.48 bits per heavy atom. The molecule has 4 heterocycles. The zero-order chi connectivity index (χ0) is 23.1. The molecule has 3 saturated heterocycles. The number of hydrogen-bond donors (Lipinski definition) is 0. The van der Waals surface area contributed by atoms with Gasteiger partial charge in [0, 0.05) is 26.2 Å². The molecular weight excluding hydrogens is 462 g/mol. The Kier molecular flexibility index (Phi) is 5.92. The maximum atomic E-state index is 13.1. The van der Waals surface area contributed by atoms with Crippen LogP contribution in [0.15, 0.2) is 52.1 Å². The lowest BCUT2D eigenvalue weighted by Crippen LogP contribution is -2.45. The van der Waals surface area contributed by atoms with Gasteiger partial charge >= 0.3 is 6.09 Å². The van der Waals surface area contributed by atoms with Crippen molar-refractivity contribution in [3.63, 3.8) is 0 Å². The van der Waals surface area contributed by atoms with Crippen molar-refractivity contribution in [2.45, 2.75) is 29.5 Å². The molecule has 0 N–H and O–H groups in total. The molecule has 3 aliphatic rings. The molecule has 0 bridgehead atoms. The van der Waals surface area contributed by atoms with Gasteiger partial charge in [-0.25, -0.2) is 13.2 Å². The molecule has 8 nitrogen and oxygen atoms in total. The van der Waals surface area contributed by atoms with E-state index in [-0.39, 0.29) is 30.5 Å². The standard InChI is InChI=1S/C23H27N3O5S2/c27-20(15-26-19(16-31-22(26)28)18-5-2-1-3-6-18)24-11-8-23(17-24)9-12-25(13-10-23)33(29,30)21-7-4-14-32-21/h1-7,14,19H,8-13,15-17H2. The van der Waals surface area contributed by atoms with E-state index in [9.17, 15) is 18.0 Å². The van der Waals surface area contributed by atoms with Crippen LogP contribution in [0.1, 0.15) is 30.9 Å². The van der Waals surface area contributed by atoms with Crippen LogP contribution in [-0.2, 0) is 19.6 Å². The SMILES string of the molecule is O=C(CN1C(=O)OCC1c1ccccc1)N1CCC2(CCN(S(=O)(=O)c3cccs3)CC2)C1. The molecular formula is C23H27N3O5S2. The molecule has 0 radical (unpaired) electrons. The summed E-state index contributed by atoms with van der Waals surface area (Å²) in [6.45, 7) is 2.42. The van der Waals surface area contributed by atoms with E-state index in [1.807, 2.05) is 35.2 Å². The van der Waals surface area contributed by atoms with Crippen LogP contribution in [0.3, 0.4) is 0 Å². The van der Waals surface area contributed by atoms with E-state index in [1.54, 1.807) is 21.8 Å². The number of amides is 2. The Morgan fingerprint density at radius 1 is 1.06 bits per heavy atom. The van der Waals surface area contributed by atoms with Crippen LogP contribution in [-0.4, -0.2) is 73.9 Å². The number of piperidine rings is 1. The molecule has 2 amide bonds. The van der Waals surface area contributed by atoms with Gasteiger partial charge in [0.25, 0.3) is 10.0 Å². The van der Waals surface area contributed by atoms with Crippen molar-refractivity contribution in [1.82, 2.24) is 14.1 Å². The summed E-state index contributed by atoms with van der Waals surface area (Å²) in [5.41, 5.74) is 0.898.